The highest BCUT2D eigenvalue weighted by molar-refractivity contribution is 6.13. The maximum atomic E-state index is 6.28. The molecule has 4 nitrogen and oxygen atoms in total. The summed E-state index contributed by atoms with van der Waals surface area (Å²) < 4.78 is 6.28. The maximum absolute atomic E-state index is 6.28. The summed E-state index contributed by atoms with van der Waals surface area (Å²) in [7, 11) is 0. The summed E-state index contributed by atoms with van der Waals surface area (Å²) in [4.78, 5) is 15.4. The van der Waals surface area contributed by atoms with E-state index in [-0.39, 0.29) is 0 Å². The van der Waals surface area contributed by atoms with E-state index < -0.39 is 0 Å². The summed E-state index contributed by atoms with van der Waals surface area (Å²) in [5.41, 5.74) is 11.2. The Hall–Kier alpha value is -7.17. The first-order valence-corrected chi connectivity index (χ1v) is 17.8. The van der Waals surface area contributed by atoms with Crippen molar-refractivity contribution in [3.8, 4) is 67.5 Å². The molecule has 8 aromatic carbocycles. The van der Waals surface area contributed by atoms with Crippen LogP contribution in [0.5, 0.6) is 0 Å². The fourth-order valence-electron chi connectivity index (χ4n) is 7.29. The van der Waals surface area contributed by atoms with E-state index in [2.05, 4.69) is 152 Å². The van der Waals surface area contributed by atoms with E-state index in [1.54, 1.807) is 0 Å². The summed E-state index contributed by atoms with van der Waals surface area (Å²) in [6, 6.07) is 65.2. The molecule has 0 atom stereocenters. The van der Waals surface area contributed by atoms with Crippen LogP contribution in [-0.4, -0.2) is 15.0 Å². The third-order valence-corrected chi connectivity index (χ3v) is 9.97. The lowest BCUT2D eigenvalue weighted by Gasteiger charge is -2.13. The summed E-state index contributed by atoms with van der Waals surface area (Å²) in [6.07, 6.45) is 0. The minimum absolute atomic E-state index is 0.608. The van der Waals surface area contributed by atoms with Gasteiger partial charge < -0.3 is 4.42 Å². The van der Waals surface area contributed by atoms with Crippen LogP contribution in [0, 0.1) is 0 Å². The Morgan fingerprint density at radius 3 is 1.57 bits per heavy atom. The first-order chi connectivity index (χ1) is 26.2. The van der Waals surface area contributed by atoms with Gasteiger partial charge in [0, 0.05) is 27.5 Å². The third kappa shape index (κ3) is 5.63. The summed E-state index contributed by atoms with van der Waals surface area (Å²) in [6.45, 7) is 0. The Bertz CT molecular complexity index is 2930. The number of nitrogens with zero attached hydrogens (tertiary/aromatic N) is 3. The van der Waals surface area contributed by atoms with E-state index in [0.717, 1.165) is 66.4 Å². The zero-order chi connectivity index (χ0) is 35.1. The summed E-state index contributed by atoms with van der Waals surface area (Å²) in [5.74, 6) is 1.84. The molecule has 0 N–H and O–H groups in total. The highest BCUT2D eigenvalue weighted by atomic mass is 16.3. The molecule has 53 heavy (non-hydrogen) atoms. The normalized spacial score (nSPS) is 11.4. The average molecular weight is 678 g/mol. The number of hydrogen-bond donors (Lipinski definition) is 0. The standard InChI is InChI=1S/C49H31N3O/c1-2-11-32(12-3-1)34-21-26-36(27-22-34)47-50-48(37-28-23-35(24-29-37)39-30-25-33-13-4-5-14-38(33)31-39)52-49(51-47)42-16-7-6-15-40(42)41-18-10-20-45-46(41)43-17-8-9-19-44(43)53-45/h1-31H. The monoisotopic (exact) mass is 677 g/mol. The fourth-order valence-corrected chi connectivity index (χ4v) is 7.29. The van der Waals surface area contributed by atoms with Crippen LogP contribution >= 0.6 is 0 Å². The van der Waals surface area contributed by atoms with Gasteiger partial charge in [-0.25, -0.2) is 15.0 Å². The molecule has 248 valence electrons. The quantitative estimate of drug-likeness (QED) is 0.176. The molecule has 0 aliphatic carbocycles. The molecule has 0 aliphatic rings. The van der Waals surface area contributed by atoms with E-state index in [9.17, 15) is 0 Å². The number of rotatable bonds is 6. The molecule has 10 aromatic rings. The number of benzene rings is 8. The van der Waals surface area contributed by atoms with Crippen LogP contribution in [0.2, 0.25) is 0 Å². The molecule has 0 saturated heterocycles. The van der Waals surface area contributed by atoms with Crippen LogP contribution in [0.25, 0.3) is 100 Å². The van der Waals surface area contributed by atoms with Gasteiger partial charge in [0.25, 0.3) is 0 Å². The Kier molecular flexibility index (Phi) is 7.43. The van der Waals surface area contributed by atoms with Crippen LogP contribution in [0.15, 0.2) is 192 Å². The van der Waals surface area contributed by atoms with Gasteiger partial charge in [-0.15, -0.1) is 0 Å². The zero-order valence-electron chi connectivity index (χ0n) is 28.6. The van der Waals surface area contributed by atoms with Crippen molar-refractivity contribution in [3.05, 3.63) is 188 Å². The molecule has 2 heterocycles. The maximum Gasteiger partial charge on any atom is 0.164 e. The van der Waals surface area contributed by atoms with Gasteiger partial charge in [-0.3, -0.25) is 0 Å². The lowest BCUT2D eigenvalue weighted by molar-refractivity contribution is 0.669. The second-order valence-corrected chi connectivity index (χ2v) is 13.2. The first-order valence-electron chi connectivity index (χ1n) is 17.8. The summed E-state index contributed by atoms with van der Waals surface area (Å²) >= 11 is 0. The van der Waals surface area contributed by atoms with Gasteiger partial charge in [0.2, 0.25) is 0 Å². The Morgan fingerprint density at radius 1 is 0.302 bits per heavy atom. The van der Waals surface area contributed by atoms with Crippen molar-refractivity contribution < 1.29 is 4.42 Å². The number of fused-ring (bicyclic) bond motifs is 4. The van der Waals surface area contributed by atoms with Crippen LogP contribution in [0.3, 0.4) is 0 Å². The van der Waals surface area contributed by atoms with Gasteiger partial charge in [-0.05, 0) is 62.4 Å². The van der Waals surface area contributed by atoms with Crippen molar-refractivity contribution in [2.75, 3.05) is 0 Å². The largest absolute Gasteiger partial charge is 0.456 e. The molecule has 4 heteroatoms. The van der Waals surface area contributed by atoms with Gasteiger partial charge in [0.05, 0.1) is 0 Å². The molecule has 2 aromatic heterocycles. The predicted octanol–water partition coefficient (Wildman–Crippen LogP) is 12.9. The third-order valence-electron chi connectivity index (χ3n) is 9.97. The number of aromatic nitrogens is 3. The van der Waals surface area contributed by atoms with Crippen molar-refractivity contribution in [1.82, 2.24) is 15.0 Å². The fraction of sp³-hybridized carbons (Fsp3) is 0. The highest BCUT2D eigenvalue weighted by Gasteiger charge is 2.19. The van der Waals surface area contributed by atoms with Crippen LogP contribution in [0.4, 0.5) is 0 Å². The topological polar surface area (TPSA) is 51.8 Å². The van der Waals surface area contributed by atoms with Crippen LogP contribution in [0.1, 0.15) is 0 Å². The van der Waals surface area contributed by atoms with Crippen LogP contribution < -0.4 is 0 Å². The molecule has 0 fully saturated rings. The van der Waals surface area contributed by atoms with Gasteiger partial charge in [-0.2, -0.15) is 0 Å². The SMILES string of the molecule is c1ccc(-c2ccc(-c3nc(-c4ccc(-c5ccc6ccccc6c5)cc4)nc(-c4ccccc4-c4cccc5oc6ccccc6c45)n3)cc2)cc1. The van der Waals surface area contributed by atoms with Crippen molar-refractivity contribution in [2.45, 2.75) is 0 Å². The van der Waals surface area contributed by atoms with E-state index >= 15 is 0 Å². The van der Waals surface area contributed by atoms with E-state index in [1.807, 2.05) is 36.4 Å². The molecule has 0 aliphatic heterocycles. The van der Waals surface area contributed by atoms with Crippen molar-refractivity contribution in [3.63, 3.8) is 0 Å². The van der Waals surface area contributed by atoms with Crippen molar-refractivity contribution in [2.24, 2.45) is 0 Å². The molecule has 0 unspecified atom stereocenters. The molecule has 0 spiro atoms. The average Bonchev–Trinajstić information content (AvgIpc) is 3.63. The minimum atomic E-state index is 0.608. The highest BCUT2D eigenvalue weighted by Crippen LogP contribution is 2.40. The Labute approximate surface area is 306 Å². The van der Waals surface area contributed by atoms with Gasteiger partial charge in [0.15, 0.2) is 17.5 Å². The smallest absolute Gasteiger partial charge is 0.164 e. The molecular formula is C49H31N3O. The molecule has 10 rings (SSSR count). The lowest BCUT2D eigenvalue weighted by atomic mass is 9.95. The van der Waals surface area contributed by atoms with Gasteiger partial charge in [-0.1, -0.05) is 170 Å². The van der Waals surface area contributed by atoms with Gasteiger partial charge in [0.1, 0.15) is 11.2 Å². The second kappa shape index (κ2) is 12.9. The Balaban J connectivity index is 1.12. The van der Waals surface area contributed by atoms with E-state index in [4.69, 9.17) is 19.4 Å². The predicted molar refractivity (Wildman–Crippen MR) is 217 cm³/mol. The van der Waals surface area contributed by atoms with E-state index in [1.165, 1.54) is 16.3 Å². The number of para-hydroxylation sites is 1. The first kappa shape index (κ1) is 30.6. The Morgan fingerprint density at radius 2 is 0.811 bits per heavy atom. The molecule has 0 radical (unpaired) electrons. The van der Waals surface area contributed by atoms with Crippen LogP contribution in [-0.2, 0) is 0 Å². The van der Waals surface area contributed by atoms with Crippen molar-refractivity contribution >= 4 is 32.7 Å². The zero-order valence-corrected chi connectivity index (χ0v) is 28.6. The number of furan rings is 1. The van der Waals surface area contributed by atoms with Crippen molar-refractivity contribution in [1.29, 1.82) is 0 Å². The van der Waals surface area contributed by atoms with Gasteiger partial charge >= 0.3 is 0 Å². The molecule has 0 bridgehead atoms. The second-order valence-electron chi connectivity index (χ2n) is 13.2. The van der Waals surface area contributed by atoms with E-state index in [0.29, 0.717) is 17.5 Å². The molecule has 0 amide bonds. The lowest BCUT2D eigenvalue weighted by Crippen LogP contribution is -2.01. The number of hydrogen-bond acceptors (Lipinski definition) is 4. The molecular weight excluding hydrogens is 647 g/mol. The molecule has 0 saturated carbocycles. The minimum Gasteiger partial charge on any atom is -0.456 e. The summed E-state index contributed by atoms with van der Waals surface area (Å²) in [5, 5.41) is 4.60.